The number of halogens is 2. The second-order valence-corrected chi connectivity index (χ2v) is 7.33. The number of aryl methyl sites for hydroxylation is 2. The first kappa shape index (κ1) is 16.2. The number of hydrogen-bond acceptors (Lipinski definition) is 4. The Morgan fingerprint density at radius 1 is 1.35 bits per heavy atom. The van der Waals surface area contributed by atoms with Crippen LogP contribution in [0.25, 0.3) is 10.2 Å². The Bertz CT molecular complexity index is 939. The normalized spacial score (nSPS) is 11.0. The Morgan fingerprint density at radius 2 is 2.04 bits per heavy atom. The Balaban J connectivity index is 2.07. The smallest absolute Gasteiger partial charge is 0.267 e. The summed E-state index contributed by atoms with van der Waals surface area (Å²) in [5.74, 6) is -0.259. The van der Waals surface area contributed by atoms with Crippen LogP contribution in [0.3, 0.4) is 0 Å². The minimum Gasteiger partial charge on any atom is -0.397 e. The molecule has 0 unspecified atom stereocenters. The summed E-state index contributed by atoms with van der Waals surface area (Å²) in [6.45, 7) is 3.73. The van der Waals surface area contributed by atoms with Crippen LogP contribution in [0.1, 0.15) is 20.9 Å². The number of para-hydroxylation sites is 1. The van der Waals surface area contributed by atoms with E-state index in [2.05, 4.69) is 26.2 Å². The van der Waals surface area contributed by atoms with Crippen molar-refractivity contribution in [3.8, 4) is 0 Å². The number of rotatable bonds is 2. The van der Waals surface area contributed by atoms with Gasteiger partial charge in [0, 0.05) is 9.86 Å². The molecule has 0 aliphatic heterocycles. The Morgan fingerprint density at radius 3 is 2.74 bits per heavy atom. The van der Waals surface area contributed by atoms with Crippen LogP contribution in [0.2, 0.25) is 5.02 Å². The summed E-state index contributed by atoms with van der Waals surface area (Å²) in [6, 6.07) is 7.41. The van der Waals surface area contributed by atoms with Gasteiger partial charge in [-0.05, 0) is 47.5 Å². The third-order valence-corrected chi connectivity index (χ3v) is 5.89. The number of pyridine rings is 1. The number of benzene rings is 1. The van der Waals surface area contributed by atoms with Crippen molar-refractivity contribution in [2.45, 2.75) is 13.8 Å². The summed E-state index contributed by atoms with van der Waals surface area (Å²) in [5, 5.41) is 4.20. The van der Waals surface area contributed by atoms with Crippen molar-refractivity contribution in [2.75, 3.05) is 11.1 Å². The number of anilines is 2. The molecule has 0 aliphatic carbocycles. The predicted molar refractivity (Wildman–Crippen MR) is 101 cm³/mol. The van der Waals surface area contributed by atoms with Crippen LogP contribution in [0.4, 0.5) is 11.4 Å². The van der Waals surface area contributed by atoms with Gasteiger partial charge in [0.15, 0.2) is 0 Å². The molecule has 23 heavy (non-hydrogen) atoms. The van der Waals surface area contributed by atoms with Gasteiger partial charge in [0.25, 0.3) is 5.91 Å². The van der Waals surface area contributed by atoms with Gasteiger partial charge < -0.3 is 11.1 Å². The molecule has 0 aliphatic rings. The summed E-state index contributed by atoms with van der Waals surface area (Å²) in [6.07, 6.45) is 0. The number of carbonyl (C=O) groups excluding carboxylic acids is 1. The third kappa shape index (κ3) is 2.82. The third-order valence-electron chi connectivity index (χ3n) is 3.55. The molecule has 3 aromatic rings. The highest BCUT2D eigenvalue weighted by Gasteiger charge is 2.21. The van der Waals surface area contributed by atoms with Crippen molar-refractivity contribution in [1.29, 1.82) is 0 Å². The quantitative estimate of drug-likeness (QED) is 0.613. The average Bonchev–Trinajstić information content (AvgIpc) is 2.84. The molecule has 4 nitrogen and oxygen atoms in total. The van der Waals surface area contributed by atoms with E-state index in [4.69, 9.17) is 17.3 Å². The molecular weight excluding hydrogens is 398 g/mol. The molecule has 2 heterocycles. The molecule has 3 N–H and O–H groups in total. The molecule has 0 radical (unpaired) electrons. The van der Waals surface area contributed by atoms with Gasteiger partial charge in [0.2, 0.25) is 0 Å². The largest absolute Gasteiger partial charge is 0.397 e. The Hall–Kier alpha value is -1.63. The van der Waals surface area contributed by atoms with Crippen LogP contribution in [0, 0.1) is 13.8 Å². The van der Waals surface area contributed by atoms with Gasteiger partial charge >= 0.3 is 0 Å². The molecule has 0 atom stereocenters. The molecule has 0 fully saturated rings. The topological polar surface area (TPSA) is 68.0 Å². The number of nitrogens with two attached hydrogens (primary N) is 1. The zero-order chi connectivity index (χ0) is 16.7. The molecular formula is C16H13BrClN3OS. The van der Waals surface area contributed by atoms with Crippen molar-refractivity contribution >= 4 is 66.4 Å². The molecule has 1 aromatic carbocycles. The van der Waals surface area contributed by atoms with Crippen LogP contribution < -0.4 is 11.1 Å². The zero-order valence-electron chi connectivity index (χ0n) is 12.4. The van der Waals surface area contributed by atoms with E-state index in [0.29, 0.717) is 21.3 Å². The van der Waals surface area contributed by atoms with E-state index in [0.717, 1.165) is 25.9 Å². The van der Waals surface area contributed by atoms with Gasteiger partial charge in [-0.1, -0.05) is 23.7 Å². The fourth-order valence-corrected chi connectivity index (χ4v) is 3.98. The maximum Gasteiger partial charge on any atom is 0.267 e. The number of thiophene rings is 1. The Kier molecular flexibility index (Phi) is 4.31. The minimum absolute atomic E-state index is 0.259. The number of nitrogen functional groups attached to an aromatic ring is 1. The molecule has 118 valence electrons. The number of hydrogen-bond donors (Lipinski definition) is 2. The first-order valence-electron chi connectivity index (χ1n) is 6.80. The molecule has 0 saturated heterocycles. The number of fused-ring (bicyclic) bond motifs is 1. The van der Waals surface area contributed by atoms with E-state index in [1.165, 1.54) is 11.3 Å². The van der Waals surface area contributed by atoms with Crippen LogP contribution in [-0.4, -0.2) is 10.9 Å². The van der Waals surface area contributed by atoms with Gasteiger partial charge in [-0.25, -0.2) is 4.98 Å². The first-order chi connectivity index (χ1) is 10.9. The van der Waals surface area contributed by atoms with Crippen LogP contribution in [0.15, 0.2) is 28.7 Å². The molecule has 3 rings (SSSR count). The van der Waals surface area contributed by atoms with Gasteiger partial charge in [-0.3, -0.25) is 4.79 Å². The van der Waals surface area contributed by atoms with E-state index < -0.39 is 0 Å². The lowest BCUT2D eigenvalue weighted by Gasteiger charge is -2.06. The van der Waals surface area contributed by atoms with Crippen molar-refractivity contribution in [3.63, 3.8) is 0 Å². The van der Waals surface area contributed by atoms with Gasteiger partial charge in [-0.2, -0.15) is 0 Å². The fourth-order valence-electron chi connectivity index (χ4n) is 2.37. The monoisotopic (exact) mass is 409 g/mol. The van der Waals surface area contributed by atoms with E-state index >= 15 is 0 Å². The van der Waals surface area contributed by atoms with Gasteiger partial charge in [0.1, 0.15) is 9.71 Å². The van der Waals surface area contributed by atoms with E-state index in [9.17, 15) is 4.79 Å². The average molecular weight is 411 g/mol. The number of nitrogens with zero attached hydrogens (tertiary/aromatic N) is 1. The lowest BCUT2D eigenvalue weighted by molar-refractivity contribution is 0.103. The predicted octanol–water partition coefficient (Wildman–Crippen LogP) is 5.16. The van der Waals surface area contributed by atoms with Crippen LogP contribution in [0.5, 0.6) is 0 Å². The fraction of sp³-hybridized carbons (Fsp3) is 0.125. The number of carbonyl (C=O) groups is 1. The summed E-state index contributed by atoms with van der Waals surface area (Å²) >= 11 is 10.9. The summed E-state index contributed by atoms with van der Waals surface area (Å²) < 4.78 is 0.807. The summed E-state index contributed by atoms with van der Waals surface area (Å²) in [5.41, 5.74) is 8.88. The maximum absolute atomic E-state index is 12.6. The maximum atomic E-state index is 12.6. The second kappa shape index (κ2) is 6.11. The van der Waals surface area contributed by atoms with Crippen LogP contribution >= 0.6 is 38.9 Å². The second-order valence-electron chi connectivity index (χ2n) is 5.10. The molecule has 0 saturated carbocycles. The van der Waals surface area contributed by atoms with Crippen molar-refractivity contribution in [2.24, 2.45) is 0 Å². The van der Waals surface area contributed by atoms with Crippen molar-refractivity contribution in [3.05, 3.63) is 49.9 Å². The highest BCUT2D eigenvalue weighted by Crippen LogP contribution is 2.38. The number of amides is 1. The highest BCUT2D eigenvalue weighted by molar-refractivity contribution is 9.10. The highest BCUT2D eigenvalue weighted by atomic mass is 79.9. The molecule has 0 spiro atoms. The lowest BCUT2D eigenvalue weighted by atomic mass is 10.1. The number of aromatic nitrogens is 1. The number of nitrogens with one attached hydrogen (secondary N) is 1. The first-order valence-corrected chi connectivity index (χ1v) is 8.79. The lowest BCUT2D eigenvalue weighted by Crippen LogP contribution is -2.12. The minimum atomic E-state index is -0.259. The van der Waals surface area contributed by atoms with E-state index in [1.54, 1.807) is 0 Å². The van der Waals surface area contributed by atoms with Crippen molar-refractivity contribution < 1.29 is 4.79 Å². The summed E-state index contributed by atoms with van der Waals surface area (Å²) in [7, 11) is 0. The molecule has 2 aromatic heterocycles. The van der Waals surface area contributed by atoms with Crippen molar-refractivity contribution in [1.82, 2.24) is 4.98 Å². The standard InChI is InChI=1S/C16H13BrClN3OS/c1-7-11-13(19)14(23-16(11)20-8(2)12(7)18)15(22)21-10-6-4-3-5-9(10)17/h3-6H,19H2,1-2H3,(H,21,22). The molecule has 0 bridgehead atoms. The van der Waals surface area contributed by atoms with E-state index in [-0.39, 0.29) is 5.91 Å². The van der Waals surface area contributed by atoms with E-state index in [1.807, 2.05) is 38.1 Å². The zero-order valence-corrected chi connectivity index (χ0v) is 15.6. The summed E-state index contributed by atoms with van der Waals surface area (Å²) in [4.78, 5) is 18.2. The van der Waals surface area contributed by atoms with Crippen LogP contribution in [-0.2, 0) is 0 Å². The molecule has 7 heteroatoms. The SMILES string of the molecule is Cc1nc2sc(C(=O)Nc3ccccc3Br)c(N)c2c(C)c1Cl. The molecule has 1 amide bonds. The van der Waals surface area contributed by atoms with Gasteiger partial charge in [-0.15, -0.1) is 11.3 Å². The Labute approximate surface area is 150 Å². The van der Waals surface area contributed by atoms with Gasteiger partial charge in [0.05, 0.1) is 22.1 Å².